The second kappa shape index (κ2) is 7.40. The van der Waals surface area contributed by atoms with Crippen molar-refractivity contribution in [1.82, 2.24) is 4.90 Å². The van der Waals surface area contributed by atoms with Gasteiger partial charge in [-0.25, -0.2) is 4.39 Å². The molecule has 0 aliphatic carbocycles. The van der Waals surface area contributed by atoms with E-state index in [0.717, 1.165) is 16.0 Å². The van der Waals surface area contributed by atoms with E-state index in [-0.39, 0.29) is 11.7 Å². The zero-order chi connectivity index (χ0) is 16.1. The quantitative estimate of drug-likeness (QED) is 0.806. The van der Waals surface area contributed by atoms with E-state index in [2.05, 4.69) is 0 Å². The van der Waals surface area contributed by atoms with Crippen molar-refractivity contribution in [2.24, 2.45) is 0 Å². The summed E-state index contributed by atoms with van der Waals surface area (Å²) in [5.41, 5.74) is 1.60. The summed E-state index contributed by atoms with van der Waals surface area (Å²) in [4.78, 5) is 15.3. The molecule has 0 saturated carbocycles. The Balaban J connectivity index is 2.29. The molecule has 0 fully saturated rings. The molecule has 3 nitrogen and oxygen atoms in total. The van der Waals surface area contributed by atoms with Crippen molar-refractivity contribution in [1.29, 1.82) is 0 Å². The van der Waals surface area contributed by atoms with Crippen LogP contribution >= 0.6 is 11.3 Å². The predicted octanol–water partition coefficient (Wildman–Crippen LogP) is 3.97. The Kier molecular flexibility index (Phi) is 5.55. The third-order valence-electron chi connectivity index (χ3n) is 3.63. The minimum atomic E-state index is -0.328. The summed E-state index contributed by atoms with van der Waals surface area (Å²) >= 11 is 1.54. The highest BCUT2D eigenvalue weighted by molar-refractivity contribution is 7.10. The monoisotopic (exact) mass is 321 g/mol. The van der Waals surface area contributed by atoms with Crippen LogP contribution in [0.25, 0.3) is 0 Å². The van der Waals surface area contributed by atoms with E-state index in [1.165, 1.54) is 30.6 Å². The number of carbonyl (C=O) groups is 1. The van der Waals surface area contributed by atoms with Gasteiger partial charge in [-0.1, -0.05) is 6.07 Å². The summed E-state index contributed by atoms with van der Waals surface area (Å²) in [6, 6.07) is 6.35. The summed E-state index contributed by atoms with van der Waals surface area (Å²) in [7, 11) is 1.52. The third-order valence-corrected chi connectivity index (χ3v) is 4.55. The molecule has 118 valence electrons. The molecule has 0 saturated heterocycles. The Morgan fingerprint density at radius 1 is 1.27 bits per heavy atom. The molecule has 1 heterocycles. The zero-order valence-corrected chi connectivity index (χ0v) is 13.9. The van der Waals surface area contributed by atoms with E-state index in [1.807, 2.05) is 25.3 Å². The Morgan fingerprint density at radius 3 is 2.64 bits per heavy atom. The first-order chi connectivity index (χ1) is 10.6. The van der Waals surface area contributed by atoms with Gasteiger partial charge < -0.3 is 9.64 Å². The second-order valence-electron chi connectivity index (χ2n) is 4.87. The van der Waals surface area contributed by atoms with Crippen LogP contribution in [0.1, 0.15) is 34.6 Å². The molecule has 0 atom stereocenters. The first kappa shape index (κ1) is 16.5. The van der Waals surface area contributed by atoms with Crippen LogP contribution in [0.2, 0.25) is 0 Å². The van der Waals surface area contributed by atoms with Crippen molar-refractivity contribution < 1.29 is 13.9 Å². The fraction of sp³-hybridized carbons (Fsp3) is 0.353. The molecular formula is C17H20FNO2S. The number of hydrogen-bond acceptors (Lipinski definition) is 3. The van der Waals surface area contributed by atoms with Crippen LogP contribution in [0.5, 0.6) is 5.75 Å². The Bertz CT molecular complexity index is 650. The van der Waals surface area contributed by atoms with Gasteiger partial charge in [0.2, 0.25) is 0 Å². The highest BCUT2D eigenvalue weighted by Gasteiger charge is 2.18. The van der Waals surface area contributed by atoms with E-state index in [4.69, 9.17) is 4.74 Å². The fourth-order valence-electron chi connectivity index (χ4n) is 2.39. The molecule has 2 aromatic rings. The number of rotatable bonds is 6. The van der Waals surface area contributed by atoms with E-state index >= 15 is 0 Å². The highest BCUT2D eigenvalue weighted by Crippen LogP contribution is 2.27. The lowest BCUT2D eigenvalue weighted by atomic mass is 10.1. The molecule has 0 N–H and O–H groups in total. The van der Waals surface area contributed by atoms with Crippen LogP contribution in [-0.4, -0.2) is 31.0 Å². The fourth-order valence-corrected chi connectivity index (χ4v) is 3.28. The number of hydrogen-bond donors (Lipinski definition) is 0. The molecule has 2 rings (SSSR count). The van der Waals surface area contributed by atoms with E-state index < -0.39 is 0 Å². The second-order valence-corrected chi connectivity index (χ2v) is 5.87. The maximum atomic E-state index is 13.3. The number of methoxy groups -OCH3 is 1. The number of thiophene rings is 1. The van der Waals surface area contributed by atoms with Crippen molar-refractivity contribution in [2.75, 3.05) is 20.2 Å². The lowest BCUT2D eigenvalue weighted by Crippen LogP contribution is -2.30. The van der Waals surface area contributed by atoms with Crippen molar-refractivity contribution in [2.45, 2.75) is 20.3 Å². The van der Waals surface area contributed by atoms with Gasteiger partial charge in [-0.3, -0.25) is 4.79 Å². The number of benzene rings is 1. The van der Waals surface area contributed by atoms with Gasteiger partial charge in [0.15, 0.2) is 0 Å². The zero-order valence-electron chi connectivity index (χ0n) is 13.1. The molecule has 0 aliphatic heterocycles. The summed E-state index contributed by atoms with van der Waals surface area (Å²) in [6.07, 6.45) is 0.559. The third kappa shape index (κ3) is 3.47. The van der Waals surface area contributed by atoms with Crippen LogP contribution in [0.15, 0.2) is 29.6 Å². The molecule has 1 aromatic carbocycles. The van der Waals surface area contributed by atoms with Crippen LogP contribution < -0.4 is 4.74 Å². The number of ether oxygens (including phenoxy) is 1. The molecule has 0 unspecified atom stereocenters. The topological polar surface area (TPSA) is 29.5 Å². The molecule has 22 heavy (non-hydrogen) atoms. The van der Waals surface area contributed by atoms with Gasteiger partial charge in [-0.2, -0.15) is 0 Å². The van der Waals surface area contributed by atoms with Gasteiger partial charge >= 0.3 is 0 Å². The standard InChI is InChI=1S/C17H20FNO2S/c1-4-19(5-2)17(20)14-8-9-22-16(14)10-12-6-7-13(18)11-15(12)21-3/h6-9,11H,4-5,10H2,1-3H3. The summed E-state index contributed by atoms with van der Waals surface area (Å²) in [6.45, 7) is 5.31. The van der Waals surface area contributed by atoms with Crippen molar-refractivity contribution >= 4 is 17.2 Å². The summed E-state index contributed by atoms with van der Waals surface area (Å²) < 4.78 is 18.5. The number of amides is 1. The summed E-state index contributed by atoms with van der Waals surface area (Å²) in [5, 5.41) is 1.92. The minimum Gasteiger partial charge on any atom is -0.496 e. The van der Waals surface area contributed by atoms with Crippen LogP contribution in [0.3, 0.4) is 0 Å². The molecule has 0 radical (unpaired) electrons. The van der Waals surface area contributed by atoms with Crippen molar-refractivity contribution in [3.05, 3.63) is 51.5 Å². The molecule has 0 bridgehead atoms. The largest absolute Gasteiger partial charge is 0.496 e. The maximum absolute atomic E-state index is 13.3. The predicted molar refractivity (Wildman–Crippen MR) is 87.3 cm³/mol. The van der Waals surface area contributed by atoms with Gasteiger partial charge in [0.05, 0.1) is 12.7 Å². The van der Waals surface area contributed by atoms with Gasteiger partial charge in [0.1, 0.15) is 11.6 Å². The average Bonchev–Trinajstić information content (AvgIpc) is 2.98. The molecule has 5 heteroatoms. The number of nitrogens with zero attached hydrogens (tertiary/aromatic N) is 1. The molecular weight excluding hydrogens is 301 g/mol. The Labute approximate surface area is 134 Å². The maximum Gasteiger partial charge on any atom is 0.254 e. The lowest BCUT2D eigenvalue weighted by Gasteiger charge is -2.19. The van der Waals surface area contributed by atoms with Gasteiger partial charge in [-0.15, -0.1) is 11.3 Å². The molecule has 1 amide bonds. The van der Waals surface area contributed by atoms with Crippen LogP contribution in [0, 0.1) is 5.82 Å². The van der Waals surface area contributed by atoms with Crippen molar-refractivity contribution in [3.63, 3.8) is 0 Å². The van der Waals surface area contributed by atoms with Gasteiger partial charge in [0, 0.05) is 30.5 Å². The highest BCUT2D eigenvalue weighted by atomic mass is 32.1. The van der Waals surface area contributed by atoms with E-state index in [0.29, 0.717) is 25.3 Å². The minimum absolute atomic E-state index is 0.0438. The molecule has 0 aliphatic rings. The smallest absolute Gasteiger partial charge is 0.254 e. The Morgan fingerprint density at radius 2 is 2.00 bits per heavy atom. The first-order valence-electron chi connectivity index (χ1n) is 7.28. The number of halogens is 1. The van der Waals surface area contributed by atoms with E-state index in [1.54, 1.807) is 11.0 Å². The average molecular weight is 321 g/mol. The number of carbonyl (C=O) groups excluding carboxylic acids is 1. The lowest BCUT2D eigenvalue weighted by molar-refractivity contribution is 0.0772. The molecule has 0 spiro atoms. The van der Waals surface area contributed by atoms with Crippen molar-refractivity contribution in [3.8, 4) is 5.75 Å². The normalized spacial score (nSPS) is 10.5. The SMILES string of the molecule is CCN(CC)C(=O)c1ccsc1Cc1ccc(F)cc1OC. The first-order valence-corrected chi connectivity index (χ1v) is 8.16. The molecule has 1 aromatic heterocycles. The van der Waals surface area contributed by atoms with Gasteiger partial charge in [0.25, 0.3) is 5.91 Å². The van der Waals surface area contributed by atoms with Crippen LogP contribution in [0.4, 0.5) is 4.39 Å². The van der Waals surface area contributed by atoms with E-state index in [9.17, 15) is 9.18 Å². The van der Waals surface area contributed by atoms with Gasteiger partial charge in [-0.05, 0) is 36.9 Å². The van der Waals surface area contributed by atoms with Crippen LogP contribution in [-0.2, 0) is 6.42 Å². The summed E-state index contributed by atoms with van der Waals surface area (Å²) in [5.74, 6) is 0.225. The Hall–Kier alpha value is -1.88.